The second-order valence-corrected chi connectivity index (χ2v) is 5.73. The maximum atomic E-state index is 11.6. The van der Waals surface area contributed by atoms with Gasteiger partial charge in [0.15, 0.2) is 0 Å². The number of carbonyl (C=O) groups excluding carboxylic acids is 3. The van der Waals surface area contributed by atoms with Crippen molar-refractivity contribution in [1.29, 1.82) is 0 Å². The maximum Gasteiger partial charge on any atom is 0.296 e. The van der Waals surface area contributed by atoms with Crippen molar-refractivity contribution >= 4 is 40.6 Å². The van der Waals surface area contributed by atoms with Gasteiger partial charge in [-0.1, -0.05) is 11.6 Å². The van der Waals surface area contributed by atoms with Gasteiger partial charge in [-0.05, 0) is 25.0 Å². The molecule has 1 unspecified atom stereocenters. The highest BCUT2D eigenvalue weighted by Gasteiger charge is 2.31. The molecular formula is C14H14ClN3O3. The van der Waals surface area contributed by atoms with Crippen LogP contribution in [0, 0.1) is 5.92 Å². The van der Waals surface area contributed by atoms with E-state index in [9.17, 15) is 14.4 Å². The molecule has 110 valence electrons. The number of nitrogens with one attached hydrogen (secondary N) is 1. The molecule has 0 aliphatic carbocycles. The molecule has 7 heteroatoms. The number of carbonyl (C=O) groups is 3. The number of amides is 2. The van der Waals surface area contributed by atoms with Crippen molar-refractivity contribution in [1.82, 2.24) is 0 Å². The van der Waals surface area contributed by atoms with E-state index in [1.807, 2.05) is 4.90 Å². The van der Waals surface area contributed by atoms with Crippen LogP contribution in [-0.4, -0.2) is 30.7 Å². The lowest BCUT2D eigenvalue weighted by atomic mass is 9.97. The number of halogens is 1. The van der Waals surface area contributed by atoms with E-state index >= 15 is 0 Å². The standard InChI is InChI=1S/C14H14ClN3O3/c15-9-4-8-10(17-14(21)12(8)19)5-11(9)18-3-1-2-7(6-18)13(16)20/h4-5,7H,1-3,6H2,(H2,16,20)(H,17,19,21). The van der Waals surface area contributed by atoms with Gasteiger partial charge in [-0.3, -0.25) is 14.4 Å². The summed E-state index contributed by atoms with van der Waals surface area (Å²) in [5.74, 6) is -1.75. The summed E-state index contributed by atoms with van der Waals surface area (Å²) in [5.41, 5.74) is 6.83. The predicted molar refractivity (Wildman–Crippen MR) is 78.5 cm³/mol. The Kier molecular flexibility index (Phi) is 3.33. The van der Waals surface area contributed by atoms with Gasteiger partial charge in [0.25, 0.3) is 11.7 Å². The molecule has 1 aromatic rings. The molecule has 0 aromatic heterocycles. The number of hydrogen-bond acceptors (Lipinski definition) is 4. The predicted octanol–water partition coefficient (Wildman–Crippen LogP) is 1.18. The Morgan fingerprint density at radius 1 is 1.38 bits per heavy atom. The van der Waals surface area contributed by atoms with Crippen LogP contribution in [0.4, 0.5) is 11.4 Å². The lowest BCUT2D eigenvalue weighted by Gasteiger charge is -2.33. The zero-order valence-corrected chi connectivity index (χ0v) is 11.9. The minimum Gasteiger partial charge on any atom is -0.369 e. The van der Waals surface area contributed by atoms with Crippen LogP contribution in [0.3, 0.4) is 0 Å². The highest BCUT2D eigenvalue weighted by atomic mass is 35.5. The highest BCUT2D eigenvalue weighted by molar-refractivity contribution is 6.52. The van der Waals surface area contributed by atoms with Gasteiger partial charge in [0, 0.05) is 13.1 Å². The summed E-state index contributed by atoms with van der Waals surface area (Å²) in [4.78, 5) is 36.3. The van der Waals surface area contributed by atoms with Crippen LogP contribution in [0.25, 0.3) is 0 Å². The largest absolute Gasteiger partial charge is 0.369 e. The van der Waals surface area contributed by atoms with E-state index in [2.05, 4.69) is 5.32 Å². The lowest BCUT2D eigenvalue weighted by molar-refractivity contribution is -0.122. The van der Waals surface area contributed by atoms with Gasteiger partial charge >= 0.3 is 0 Å². The Bertz CT molecular complexity index is 659. The number of benzene rings is 1. The van der Waals surface area contributed by atoms with Gasteiger partial charge in [-0.25, -0.2) is 0 Å². The molecule has 21 heavy (non-hydrogen) atoms. The summed E-state index contributed by atoms with van der Waals surface area (Å²) < 4.78 is 0. The Labute approximate surface area is 126 Å². The van der Waals surface area contributed by atoms with E-state index in [4.69, 9.17) is 17.3 Å². The van der Waals surface area contributed by atoms with Crippen LogP contribution >= 0.6 is 11.6 Å². The van der Waals surface area contributed by atoms with Gasteiger partial charge in [0.1, 0.15) is 0 Å². The summed E-state index contributed by atoms with van der Waals surface area (Å²) in [6.45, 7) is 1.25. The van der Waals surface area contributed by atoms with Crippen molar-refractivity contribution in [2.75, 3.05) is 23.3 Å². The first-order valence-electron chi connectivity index (χ1n) is 6.71. The maximum absolute atomic E-state index is 11.6. The van der Waals surface area contributed by atoms with Crippen molar-refractivity contribution in [2.45, 2.75) is 12.8 Å². The van der Waals surface area contributed by atoms with E-state index in [1.54, 1.807) is 6.07 Å². The minimum absolute atomic E-state index is 0.209. The number of anilines is 2. The molecule has 3 rings (SSSR count). The molecule has 0 spiro atoms. The topological polar surface area (TPSA) is 92.5 Å². The first-order chi connectivity index (χ1) is 9.97. The van der Waals surface area contributed by atoms with Gasteiger partial charge in [-0.15, -0.1) is 0 Å². The molecule has 1 fully saturated rings. The molecule has 2 aliphatic rings. The first kappa shape index (κ1) is 13.9. The van der Waals surface area contributed by atoms with Crippen LogP contribution in [-0.2, 0) is 9.59 Å². The number of piperidine rings is 1. The third-order valence-corrected chi connectivity index (χ3v) is 4.25. The Morgan fingerprint density at radius 2 is 2.14 bits per heavy atom. The minimum atomic E-state index is -0.646. The molecule has 2 heterocycles. The Balaban J connectivity index is 1.93. The molecule has 2 aliphatic heterocycles. The average Bonchev–Trinajstić information content (AvgIpc) is 2.73. The summed E-state index contributed by atoms with van der Waals surface area (Å²) in [6.07, 6.45) is 1.61. The average molecular weight is 308 g/mol. The number of hydrogen-bond donors (Lipinski definition) is 2. The molecule has 1 atom stereocenters. The smallest absolute Gasteiger partial charge is 0.296 e. The van der Waals surface area contributed by atoms with E-state index in [-0.39, 0.29) is 17.4 Å². The van der Waals surface area contributed by atoms with Gasteiger partial charge in [0.05, 0.1) is 27.9 Å². The summed E-state index contributed by atoms with van der Waals surface area (Å²) in [7, 11) is 0. The summed E-state index contributed by atoms with van der Waals surface area (Å²) in [6, 6.07) is 3.18. The van der Waals surface area contributed by atoms with E-state index in [0.717, 1.165) is 19.4 Å². The number of fused-ring (bicyclic) bond motifs is 1. The molecule has 3 N–H and O–H groups in total. The van der Waals surface area contributed by atoms with E-state index in [0.29, 0.717) is 22.9 Å². The molecule has 1 aromatic carbocycles. The van der Waals surface area contributed by atoms with Crippen molar-refractivity contribution in [3.63, 3.8) is 0 Å². The highest BCUT2D eigenvalue weighted by Crippen LogP contribution is 2.36. The lowest BCUT2D eigenvalue weighted by Crippen LogP contribution is -2.41. The second kappa shape index (κ2) is 5.04. The molecule has 1 saturated heterocycles. The monoisotopic (exact) mass is 307 g/mol. The number of primary amides is 1. The van der Waals surface area contributed by atoms with Crippen molar-refractivity contribution in [3.8, 4) is 0 Å². The first-order valence-corrected chi connectivity index (χ1v) is 7.08. The Morgan fingerprint density at radius 3 is 2.86 bits per heavy atom. The summed E-state index contributed by atoms with van der Waals surface area (Å²) in [5, 5.41) is 2.91. The number of Topliss-reactive ketones (excluding diaryl/α,β-unsaturated/α-hetero) is 1. The van der Waals surface area contributed by atoms with E-state index < -0.39 is 11.7 Å². The fourth-order valence-corrected chi connectivity index (χ4v) is 3.11. The third-order valence-electron chi connectivity index (χ3n) is 3.95. The van der Waals surface area contributed by atoms with Crippen LogP contribution in [0.5, 0.6) is 0 Å². The van der Waals surface area contributed by atoms with Gasteiger partial charge < -0.3 is 16.0 Å². The zero-order chi connectivity index (χ0) is 15.1. The number of ketones is 1. The van der Waals surface area contributed by atoms with Crippen molar-refractivity contribution in [3.05, 3.63) is 22.7 Å². The zero-order valence-electron chi connectivity index (χ0n) is 11.2. The van der Waals surface area contributed by atoms with Crippen molar-refractivity contribution < 1.29 is 14.4 Å². The fourth-order valence-electron chi connectivity index (χ4n) is 2.83. The van der Waals surface area contributed by atoms with Crippen LogP contribution in [0.15, 0.2) is 12.1 Å². The molecule has 0 bridgehead atoms. The summed E-state index contributed by atoms with van der Waals surface area (Å²) >= 11 is 6.23. The van der Waals surface area contributed by atoms with Gasteiger partial charge in [0.2, 0.25) is 5.91 Å². The number of nitrogens with zero attached hydrogens (tertiary/aromatic N) is 1. The van der Waals surface area contributed by atoms with Gasteiger partial charge in [-0.2, -0.15) is 0 Å². The van der Waals surface area contributed by atoms with Crippen molar-refractivity contribution in [2.24, 2.45) is 11.7 Å². The quantitative estimate of drug-likeness (QED) is 0.802. The normalized spacial score (nSPS) is 21.2. The van der Waals surface area contributed by atoms with E-state index in [1.165, 1.54) is 6.07 Å². The number of rotatable bonds is 2. The Hall–Kier alpha value is -2.08. The third kappa shape index (κ3) is 2.35. The second-order valence-electron chi connectivity index (χ2n) is 5.32. The fraction of sp³-hybridized carbons (Fsp3) is 0.357. The molecule has 0 radical (unpaired) electrons. The molecule has 2 amide bonds. The van der Waals surface area contributed by atoms with Crippen LogP contribution in [0.1, 0.15) is 23.2 Å². The molecular weight excluding hydrogens is 294 g/mol. The number of nitrogens with two attached hydrogens (primary N) is 1. The van der Waals surface area contributed by atoms with Crippen LogP contribution in [0.2, 0.25) is 5.02 Å². The molecule has 0 saturated carbocycles. The SMILES string of the molecule is NC(=O)C1CCCN(c2cc3c(cc2Cl)C(=O)C(=O)N3)C1. The molecule has 6 nitrogen and oxygen atoms in total. The van der Waals surface area contributed by atoms with Crippen LogP contribution < -0.4 is 16.0 Å².